The van der Waals surface area contributed by atoms with E-state index in [0.29, 0.717) is 12.8 Å². The van der Waals surface area contributed by atoms with Gasteiger partial charge in [0.1, 0.15) is 6.29 Å². The molecular formula is C43H58N2O. The number of nitrogens with one attached hydrogen (secondary N) is 1. The molecule has 0 unspecified atom stereocenters. The maximum atomic E-state index is 9.17. The van der Waals surface area contributed by atoms with E-state index in [1.165, 1.54) is 44.8 Å². The SMILES string of the molecule is CC.CC1=C(C)Cc2ccccc2C1.CC1=C(C)Cc2ccccc2C1.CC1=C(C)Nc2ccccc2C1.CCC#N.CCC=O. The number of carbonyl (C=O) groups excluding carboxylic acids is 1. The summed E-state index contributed by atoms with van der Waals surface area (Å²) in [5, 5.41) is 11.0. The zero-order chi connectivity index (χ0) is 34.5. The van der Waals surface area contributed by atoms with Crippen molar-refractivity contribution >= 4 is 12.0 Å². The Morgan fingerprint density at radius 1 is 0.587 bits per heavy atom. The summed E-state index contributed by atoms with van der Waals surface area (Å²) < 4.78 is 0. The lowest BCUT2D eigenvalue weighted by Crippen LogP contribution is -2.08. The van der Waals surface area contributed by atoms with Crippen molar-refractivity contribution in [1.82, 2.24) is 0 Å². The van der Waals surface area contributed by atoms with Gasteiger partial charge in [-0.1, -0.05) is 117 Å². The number of aldehydes is 1. The first kappa shape index (κ1) is 39.9. The molecule has 1 N–H and O–H groups in total. The van der Waals surface area contributed by atoms with Gasteiger partial charge in [-0.3, -0.25) is 0 Å². The molecule has 2 aliphatic carbocycles. The minimum atomic E-state index is 0.625. The molecule has 1 heterocycles. The molecular weight excluding hydrogens is 560 g/mol. The summed E-state index contributed by atoms with van der Waals surface area (Å²) in [4.78, 5) is 9.17. The Hall–Kier alpha value is -4.16. The second kappa shape index (κ2) is 22.4. The largest absolute Gasteiger partial charge is 0.359 e. The molecule has 0 fully saturated rings. The predicted molar refractivity (Wildman–Crippen MR) is 200 cm³/mol. The van der Waals surface area contributed by atoms with Crippen LogP contribution in [0.25, 0.3) is 0 Å². The Balaban J connectivity index is 0.000000302. The van der Waals surface area contributed by atoms with Gasteiger partial charge in [0.15, 0.2) is 0 Å². The second-order valence-corrected chi connectivity index (χ2v) is 11.8. The number of fused-ring (bicyclic) bond motifs is 3. The standard InChI is InChI=1S/2C12H14.C11H13N.C3H5N.C3H6O.C2H6/c2*1-9-7-11-5-3-4-6-12(11)8-10(9)2;1-8-7-10-5-3-4-6-11(10)12-9(8)2;2*1-2-3-4;1-2/h2*3-6H,7-8H2,1-2H3;3-6,12H,7H2,1-2H3;2H2,1H3;3H,2H2,1H3;1-2H3. The summed E-state index contributed by atoms with van der Waals surface area (Å²) in [5.41, 5.74) is 17.7. The first-order chi connectivity index (χ1) is 22.1. The van der Waals surface area contributed by atoms with Crippen LogP contribution in [-0.4, -0.2) is 6.29 Å². The molecule has 0 amide bonds. The number of carbonyl (C=O) groups is 1. The summed E-state index contributed by atoms with van der Waals surface area (Å²) >= 11 is 0. The van der Waals surface area contributed by atoms with Crippen molar-refractivity contribution in [2.24, 2.45) is 0 Å². The van der Waals surface area contributed by atoms with Crippen LogP contribution in [-0.2, 0) is 36.9 Å². The summed E-state index contributed by atoms with van der Waals surface area (Å²) in [6.45, 7) is 20.9. The predicted octanol–water partition coefficient (Wildman–Crippen LogP) is 11.7. The van der Waals surface area contributed by atoms with E-state index in [9.17, 15) is 4.79 Å². The average Bonchev–Trinajstić information content (AvgIpc) is 3.08. The lowest BCUT2D eigenvalue weighted by molar-refractivity contribution is -0.107. The fourth-order valence-corrected chi connectivity index (χ4v) is 5.07. The molecule has 0 aromatic heterocycles. The number of rotatable bonds is 1. The van der Waals surface area contributed by atoms with Crippen molar-refractivity contribution < 1.29 is 4.79 Å². The van der Waals surface area contributed by atoms with E-state index in [1.807, 2.05) is 33.8 Å². The maximum Gasteiger partial charge on any atom is 0.119 e. The Morgan fingerprint density at radius 2 is 0.870 bits per heavy atom. The molecule has 0 saturated carbocycles. The second-order valence-electron chi connectivity index (χ2n) is 11.8. The van der Waals surface area contributed by atoms with E-state index >= 15 is 0 Å². The lowest BCUT2D eigenvalue weighted by atomic mass is 9.88. The van der Waals surface area contributed by atoms with Crippen LogP contribution in [0.1, 0.15) is 110 Å². The van der Waals surface area contributed by atoms with E-state index < -0.39 is 0 Å². The van der Waals surface area contributed by atoms with Gasteiger partial charge in [0.25, 0.3) is 0 Å². The Kier molecular flexibility index (Phi) is 19.4. The van der Waals surface area contributed by atoms with Crippen LogP contribution in [0.3, 0.4) is 0 Å². The smallest absolute Gasteiger partial charge is 0.119 e. The van der Waals surface area contributed by atoms with Crippen molar-refractivity contribution in [1.29, 1.82) is 5.26 Å². The van der Waals surface area contributed by atoms with Gasteiger partial charge in [0, 0.05) is 24.2 Å². The summed E-state index contributed by atoms with van der Waals surface area (Å²) in [6.07, 6.45) is 7.85. The van der Waals surface area contributed by atoms with E-state index in [1.54, 1.807) is 22.3 Å². The van der Waals surface area contributed by atoms with Gasteiger partial charge in [-0.25, -0.2) is 0 Å². The summed E-state index contributed by atoms with van der Waals surface area (Å²) in [7, 11) is 0. The molecule has 3 nitrogen and oxygen atoms in total. The van der Waals surface area contributed by atoms with Crippen molar-refractivity contribution in [3.8, 4) is 6.07 Å². The number of hydrogen-bond donors (Lipinski definition) is 1. The maximum absolute atomic E-state index is 9.17. The Labute approximate surface area is 281 Å². The third kappa shape index (κ3) is 13.5. The molecule has 246 valence electrons. The van der Waals surface area contributed by atoms with Crippen LogP contribution in [0, 0.1) is 11.3 Å². The number of nitrogens with zero attached hydrogens (tertiary/aromatic N) is 1. The molecule has 0 atom stereocenters. The minimum Gasteiger partial charge on any atom is -0.359 e. The van der Waals surface area contributed by atoms with E-state index in [4.69, 9.17) is 5.26 Å². The highest BCUT2D eigenvalue weighted by Gasteiger charge is 2.12. The highest BCUT2D eigenvalue weighted by atomic mass is 16.1. The van der Waals surface area contributed by atoms with Crippen LogP contribution >= 0.6 is 0 Å². The number of para-hydroxylation sites is 1. The number of nitriles is 1. The fraction of sp³-hybridized carbons (Fsp3) is 0.395. The van der Waals surface area contributed by atoms with Crippen LogP contribution in [0.15, 0.2) is 106 Å². The zero-order valence-electron chi connectivity index (χ0n) is 30.3. The van der Waals surface area contributed by atoms with Gasteiger partial charge in [0.05, 0.1) is 6.07 Å². The summed E-state index contributed by atoms with van der Waals surface area (Å²) in [5.74, 6) is 0. The van der Waals surface area contributed by atoms with Crippen molar-refractivity contribution in [3.63, 3.8) is 0 Å². The Bertz CT molecular complexity index is 1250. The van der Waals surface area contributed by atoms with Crippen LogP contribution in [0.5, 0.6) is 0 Å². The minimum absolute atomic E-state index is 0.625. The molecule has 3 aliphatic rings. The van der Waals surface area contributed by atoms with E-state index in [-0.39, 0.29) is 0 Å². The third-order valence-corrected chi connectivity index (χ3v) is 8.28. The monoisotopic (exact) mass is 618 g/mol. The van der Waals surface area contributed by atoms with Gasteiger partial charge < -0.3 is 10.1 Å². The topological polar surface area (TPSA) is 52.9 Å². The van der Waals surface area contributed by atoms with Gasteiger partial charge in [-0.2, -0.15) is 5.26 Å². The van der Waals surface area contributed by atoms with Crippen LogP contribution in [0.2, 0.25) is 0 Å². The van der Waals surface area contributed by atoms with E-state index in [0.717, 1.165) is 38.4 Å². The lowest BCUT2D eigenvalue weighted by Gasteiger charge is -2.20. The van der Waals surface area contributed by atoms with Gasteiger partial charge in [0.2, 0.25) is 0 Å². The fourth-order valence-electron chi connectivity index (χ4n) is 5.07. The Morgan fingerprint density at radius 3 is 1.17 bits per heavy atom. The molecule has 1 aliphatic heterocycles. The molecule has 6 rings (SSSR count). The molecule has 3 aromatic rings. The van der Waals surface area contributed by atoms with Crippen LogP contribution in [0.4, 0.5) is 5.69 Å². The molecule has 0 saturated heterocycles. The average molecular weight is 619 g/mol. The molecule has 0 bridgehead atoms. The van der Waals surface area contributed by atoms with Crippen molar-refractivity contribution in [2.45, 2.75) is 114 Å². The quantitative estimate of drug-likeness (QED) is 0.218. The van der Waals surface area contributed by atoms with Crippen molar-refractivity contribution in [3.05, 3.63) is 134 Å². The normalized spacial score (nSPS) is 13.6. The molecule has 0 spiro atoms. The van der Waals surface area contributed by atoms with Crippen LogP contribution < -0.4 is 5.32 Å². The molecule has 46 heavy (non-hydrogen) atoms. The molecule has 3 heteroatoms. The highest BCUT2D eigenvalue weighted by molar-refractivity contribution is 5.59. The van der Waals surface area contributed by atoms with Crippen molar-refractivity contribution in [2.75, 3.05) is 5.32 Å². The zero-order valence-corrected chi connectivity index (χ0v) is 30.3. The van der Waals surface area contributed by atoms with E-state index in [2.05, 4.69) is 120 Å². The van der Waals surface area contributed by atoms with Gasteiger partial charge >= 0.3 is 0 Å². The molecule has 3 aromatic carbocycles. The number of anilines is 1. The first-order valence-electron chi connectivity index (χ1n) is 16.9. The first-order valence-corrected chi connectivity index (χ1v) is 16.9. The van der Waals surface area contributed by atoms with Gasteiger partial charge in [-0.05, 0) is 113 Å². The highest BCUT2D eigenvalue weighted by Crippen LogP contribution is 2.27. The van der Waals surface area contributed by atoms with Gasteiger partial charge in [-0.15, -0.1) is 0 Å². The number of allylic oxidation sites excluding steroid dienone is 6. The number of hydrogen-bond acceptors (Lipinski definition) is 3. The number of benzene rings is 3. The summed E-state index contributed by atoms with van der Waals surface area (Å²) in [6, 6.07) is 27.9. The molecule has 0 radical (unpaired) electrons. The third-order valence-electron chi connectivity index (χ3n) is 8.28.